The van der Waals surface area contributed by atoms with Gasteiger partial charge in [-0.2, -0.15) is 0 Å². The first-order valence-corrected chi connectivity index (χ1v) is 6.73. The summed E-state index contributed by atoms with van der Waals surface area (Å²) in [6.45, 7) is 11.6. The van der Waals surface area contributed by atoms with Gasteiger partial charge in [0.15, 0.2) is 0 Å². The van der Waals surface area contributed by atoms with E-state index in [1.54, 1.807) is 0 Å². The van der Waals surface area contributed by atoms with Crippen LogP contribution in [-0.2, 0) is 6.54 Å². The molecular formula is C14H23ClN2. The van der Waals surface area contributed by atoms with Crippen molar-refractivity contribution in [3.8, 4) is 0 Å². The van der Waals surface area contributed by atoms with Crippen LogP contribution in [0.3, 0.4) is 0 Å². The number of nitrogens with zero attached hydrogens (tertiary/aromatic N) is 1. The van der Waals surface area contributed by atoms with Gasteiger partial charge < -0.3 is 10.2 Å². The second-order valence-electron chi connectivity index (χ2n) is 4.30. The van der Waals surface area contributed by atoms with Crippen LogP contribution < -0.4 is 5.32 Å². The number of hydrogen-bond donors (Lipinski definition) is 1. The van der Waals surface area contributed by atoms with Crippen LogP contribution >= 0.6 is 11.6 Å². The van der Waals surface area contributed by atoms with Gasteiger partial charge in [0.05, 0.1) is 0 Å². The van der Waals surface area contributed by atoms with Crippen LogP contribution in [0.4, 0.5) is 0 Å². The highest BCUT2D eigenvalue weighted by molar-refractivity contribution is 6.31. The van der Waals surface area contributed by atoms with Crippen molar-refractivity contribution in [1.29, 1.82) is 0 Å². The third-order valence-corrected chi connectivity index (χ3v) is 3.38. The molecule has 0 saturated heterocycles. The van der Waals surface area contributed by atoms with Gasteiger partial charge >= 0.3 is 0 Å². The number of hydrogen-bond acceptors (Lipinski definition) is 2. The molecule has 0 atom stereocenters. The van der Waals surface area contributed by atoms with Crippen LogP contribution in [0.25, 0.3) is 0 Å². The average Bonchev–Trinajstić information content (AvgIpc) is 2.32. The van der Waals surface area contributed by atoms with E-state index in [1.165, 1.54) is 11.1 Å². The zero-order valence-corrected chi connectivity index (χ0v) is 11.8. The summed E-state index contributed by atoms with van der Waals surface area (Å²) >= 11 is 6.18. The molecule has 1 N–H and O–H groups in total. The molecule has 3 heteroatoms. The standard InChI is InChI=1S/C14H23ClN2/c1-4-17(5-2)9-8-16-11-13-7-6-12(3)10-14(13)15/h6-7,10,16H,4-5,8-9,11H2,1-3H3. The minimum absolute atomic E-state index is 0.848. The largest absolute Gasteiger partial charge is 0.311 e. The smallest absolute Gasteiger partial charge is 0.0453 e. The van der Waals surface area contributed by atoms with E-state index >= 15 is 0 Å². The quantitative estimate of drug-likeness (QED) is 0.753. The van der Waals surface area contributed by atoms with Crippen LogP contribution in [0, 0.1) is 6.92 Å². The number of aryl methyl sites for hydroxylation is 1. The molecule has 0 saturated carbocycles. The molecule has 1 aromatic carbocycles. The van der Waals surface area contributed by atoms with E-state index in [0.717, 1.165) is 37.7 Å². The Kier molecular flexibility index (Phi) is 6.56. The number of halogens is 1. The van der Waals surface area contributed by atoms with E-state index < -0.39 is 0 Å². The zero-order chi connectivity index (χ0) is 12.7. The number of nitrogens with one attached hydrogen (secondary N) is 1. The lowest BCUT2D eigenvalue weighted by atomic mass is 10.1. The topological polar surface area (TPSA) is 15.3 Å². The predicted octanol–water partition coefficient (Wildman–Crippen LogP) is 3.08. The van der Waals surface area contributed by atoms with Crippen LogP contribution in [0.15, 0.2) is 18.2 Å². The minimum Gasteiger partial charge on any atom is -0.311 e. The van der Waals surface area contributed by atoms with Gasteiger partial charge in [0, 0.05) is 24.7 Å². The van der Waals surface area contributed by atoms with Gasteiger partial charge in [-0.15, -0.1) is 0 Å². The highest BCUT2D eigenvalue weighted by Crippen LogP contribution is 2.16. The summed E-state index contributed by atoms with van der Waals surface area (Å²) in [5, 5.41) is 4.30. The lowest BCUT2D eigenvalue weighted by Gasteiger charge is -2.18. The molecule has 0 aliphatic rings. The molecular weight excluding hydrogens is 232 g/mol. The molecule has 2 nitrogen and oxygen atoms in total. The molecule has 0 aromatic heterocycles. The molecule has 0 heterocycles. The van der Waals surface area contributed by atoms with Gasteiger partial charge in [0.1, 0.15) is 0 Å². The highest BCUT2D eigenvalue weighted by atomic mass is 35.5. The molecule has 0 aliphatic carbocycles. The first-order valence-electron chi connectivity index (χ1n) is 6.35. The van der Waals surface area contributed by atoms with E-state index in [9.17, 15) is 0 Å². The maximum absolute atomic E-state index is 6.18. The zero-order valence-electron chi connectivity index (χ0n) is 11.1. The summed E-state index contributed by atoms with van der Waals surface area (Å²) in [5.74, 6) is 0. The van der Waals surface area contributed by atoms with Crippen LogP contribution in [0.5, 0.6) is 0 Å². The maximum Gasteiger partial charge on any atom is 0.0453 e. The molecule has 0 bridgehead atoms. The van der Waals surface area contributed by atoms with Crippen LogP contribution in [-0.4, -0.2) is 31.1 Å². The number of rotatable bonds is 7. The van der Waals surface area contributed by atoms with Gasteiger partial charge in [-0.1, -0.05) is 37.6 Å². The molecule has 96 valence electrons. The van der Waals surface area contributed by atoms with Gasteiger partial charge in [0.2, 0.25) is 0 Å². The lowest BCUT2D eigenvalue weighted by molar-refractivity contribution is 0.302. The van der Waals surface area contributed by atoms with Crippen molar-refractivity contribution >= 4 is 11.6 Å². The Balaban J connectivity index is 2.31. The summed E-state index contributed by atoms with van der Waals surface area (Å²) in [6, 6.07) is 6.22. The molecule has 0 fully saturated rings. The van der Waals surface area contributed by atoms with Crippen LogP contribution in [0.2, 0.25) is 5.02 Å². The molecule has 0 aliphatic heterocycles. The predicted molar refractivity (Wildman–Crippen MR) is 75.7 cm³/mol. The van der Waals surface area contributed by atoms with Crippen molar-refractivity contribution in [1.82, 2.24) is 10.2 Å². The normalized spacial score (nSPS) is 11.1. The average molecular weight is 255 g/mol. The Morgan fingerprint density at radius 3 is 2.53 bits per heavy atom. The summed E-state index contributed by atoms with van der Waals surface area (Å²) in [5.41, 5.74) is 2.39. The first kappa shape index (κ1) is 14.5. The Bertz CT molecular complexity index is 335. The van der Waals surface area contributed by atoms with Gasteiger partial charge in [-0.3, -0.25) is 0 Å². The van der Waals surface area contributed by atoms with Crippen molar-refractivity contribution in [3.63, 3.8) is 0 Å². The Hall–Kier alpha value is -0.570. The number of likely N-dealkylation sites (N-methyl/N-ethyl adjacent to an activating group) is 1. The van der Waals surface area contributed by atoms with Crippen molar-refractivity contribution in [3.05, 3.63) is 34.3 Å². The molecule has 1 rings (SSSR count). The molecule has 0 radical (unpaired) electrons. The molecule has 1 aromatic rings. The summed E-state index contributed by atoms with van der Waals surface area (Å²) in [4.78, 5) is 2.41. The number of benzene rings is 1. The van der Waals surface area contributed by atoms with Crippen molar-refractivity contribution in [2.75, 3.05) is 26.2 Å². The first-order chi connectivity index (χ1) is 8.17. The Morgan fingerprint density at radius 2 is 1.94 bits per heavy atom. The maximum atomic E-state index is 6.18. The van der Waals surface area contributed by atoms with Crippen molar-refractivity contribution in [2.24, 2.45) is 0 Å². The van der Waals surface area contributed by atoms with E-state index in [2.05, 4.69) is 43.1 Å². The van der Waals surface area contributed by atoms with Gasteiger partial charge in [-0.25, -0.2) is 0 Å². The van der Waals surface area contributed by atoms with Gasteiger partial charge in [-0.05, 0) is 37.2 Å². The Morgan fingerprint density at radius 1 is 1.24 bits per heavy atom. The second kappa shape index (κ2) is 7.70. The molecule has 0 unspecified atom stereocenters. The fourth-order valence-corrected chi connectivity index (χ4v) is 2.10. The molecule has 0 amide bonds. The highest BCUT2D eigenvalue weighted by Gasteiger charge is 2.01. The molecule has 17 heavy (non-hydrogen) atoms. The second-order valence-corrected chi connectivity index (χ2v) is 4.71. The minimum atomic E-state index is 0.848. The molecule has 0 spiro atoms. The van der Waals surface area contributed by atoms with E-state index in [0.29, 0.717) is 0 Å². The SMILES string of the molecule is CCN(CC)CCNCc1ccc(C)cc1Cl. The van der Waals surface area contributed by atoms with E-state index in [4.69, 9.17) is 11.6 Å². The van der Waals surface area contributed by atoms with Crippen LogP contribution in [0.1, 0.15) is 25.0 Å². The Labute approximate surface area is 110 Å². The lowest BCUT2D eigenvalue weighted by Crippen LogP contribution is -2.31. The summed E-state index contributed by atoms with van der Waals surface area (Å²) in [7, 11) is 0. The third kappa shape index (κ3) is 5.07. The van der Waals surface area contributed by atoms with E-state index in [1.807, 2.05) is 6.07 Å². The summed E-state index contributed by atoms with van der Waals surface area (Å²) in [6.07, 6.45) is 0. The fraction of sp³-hybridized carbons (Fsp3) is 0.571. The summed E-state index contributed by atoms with van der Waals surface area (Å²) < 4.78 is 0. The van der Waals surface area contributed by atoms with Crippen molar-refractivity contribution in [2.45, 2.75) is 27.3 Å². The third-order valence-electron chi connectivity index (χ3n) is 3.02. The van der Waals surface area contributed by atoms with Crippen molar-refractivity contribution < 1.29 is 0 Å². The fourth-order valence-electron chi connectivity index (χ4n) is 1.80. The van der Waals surface area contributed by atoms with E-state index in [-0.39, 0.29) is 0 Å². The van der Waals surface area contributed by atoms with Gasteiger partial charge in [0.25, 0.3) is 0 Å². The monoisotopic (exact) mass is 254 g/mol.